The minimum Gasteiger partial charge on any atom is -0.507 e. The Labute approximate surface area is 195 Å². The largest absolute Gasteiger partial charge is 0.507 e. The van der Waals surface area contributed by atoms with E-state index in [1.165, 1.54) is 34.1 Å². The lowest BCUT2D eigenvalue weighted by Crippen LogP contribution is -2.45. The highest BCUT2D eigenvalue weighted by molar-refractivity contribution is 7.22. The van der Waals surface area contributed by atoms with Gasteiger partial charge < -0.3 is 9.84 Å². The molecule has 0 saturated heterocycles. The molecule has 2 nitrogen and oxygen atoms in total. The molecule has 0 spiro atoms. The van der Waals surface area contributed by atoms with Gasteiger partial charge in [-0.2, -0.15) is 0 Å². The molecule has 0 unspecified atom stereocenters. The standard InChI is InChI=1S/C29H34O2S/c1-5-6-7-11-20-16-23-27(21-15-18(2)13-14-22(21)29(3,4)31-23)28(30)26(20)25-17-19-10-8-9-12-24(19)32-25/h8-10,12,15-17,21-22,30H,5-7,11,13-14H2,1-4H3/t21-,22-/m1/s1. The van der Waals surface area contributed by atoms with E-state index in [0.29, 0.717) is 11.7 Å². The van der Waals surface area contributed by atoms with Crippen LogP contribution in [0.3, 0.4) is 0 Å². The number of allylic oxidation sites excluding steroid dienone is 2. The minimum absolute atomic E-state index is 0.209. The average molecular weight is 447 g/mol. The van der Waals surface area contributed by atoms with Crippen LogP contribution >= 0.6 is 11.3 Å². The highest BCUT2D eigenvalue weighted by atomic mass is 32.1. The molecule has 0 radical (unpaired) electrons. The summed E-state index contributed by atoms with van der Waals surface area (Å²) in [6, 6.07) is 13.0. The van der Waals surface area contributed by atoms with Gasteiger partial charge in [-0.05, 0) is 75.6 Å². The van der Waals surface area contributed by atoms with Gasteiger partial charge in [0, 0.05) is 32.5 Å². The summed E-state index contributed by atoms with van der Waals surface area (Å²) in [6.45, 7) is 8.90. The third kappa shape index (κ3) is 3.65. The molecular formula is C29H34O2S. The zero-order valence-corrected chi connectivity index (χ0v) is 20.5. The highest BCUT2D eigenvalue weighted by Crippen LogP contribution is 2.56. The van der Waals surface area contributed by atoms with Crippen molar-refractivity contribution in [3.63, 3.8) is 0 Å². The number of aryl methyl sites for hydroxylation is 1. The van der Waals surface area contributed by atoms with Crippen LogP contribution in [0, 0.1) is 5.92 Å². The maximum absolute atomic E-state index is 11.8. The summed E-state index contributed by atoms with van der Waals surface area (Å²) in [5, 5.41) is 13.1. The Balaban J connectivity index is 1.72. The monoisotopic (exact) mass is 446 g/mol. The number of hydrogen-bond acceptors (Lipinski definition) is 3. The minimum atomic E-state index is -0.235. The Morgan fingerprint density at radius 2 is 1.97 bits per heavy atom. The summed E-state index contributed by atoms with van der Waals surface area (Å²) in [4.78, 5) is 1.16. The van der Waals surface area contributed by atoms with Crippen LogP contribution in [0.4, 0.5) is 0 Å². The van der Waals surface area contributed by atoms with Crippen molar-refractivity contribution < 1.29 is 9.84 Å². The zero-order valence-electron chi connectivity index (χ0n) is 19.7. The Hall–Kier alpha value is -2.26. The topological polar surface area (TPSA) is 29.5 Å². The lowest BCUT2D eigenvalue weighted by Gasteiger charge is -2.46. The van der Waals surface area contributed by atoms with Crippen molar-refractivity contribution in [2.24, 2.45) is 5.92 Å². The van der Waals surface area contributed by atoms with E-state index >= 15 is 0 Å². The fraction of sp³-hybridized carbons (Fsp3) is 0.448. The molecule has 0 bridgehead atoms. The van der Waals surface area contributed by atoms with Gasteiger partial charge in [0.25, 0.3) is 0 Å². The van der Waals surface area contributed by atoms with Crippen molar-refractivity contribution in [2.45, 2.75) is 77.7 Å². The average Bonchev–Trinajstić information content (AvgIpc) is 3.16. The molecule has 168 valence electrons. The van der Waals surface area contributed by atoms with Gasteiger partial charge in [0.2, 0.25) is 0 Å². The molecular weight excluding hydrogens is 412 g/mol. The zero-order chi connectivity index (χ0) is 22.5. The smallest absolute Gasteiger partial charge is 0.132 e. The maximum atomic E-state index is 11.8. The number of ether oxygens (including phenoxy) is 1. The Kier molecular flexibility index (Phi) is 5.57. The fourth-order valence-electron chi connectivity index (χ4n) is 5.75. The van der Waals surface area contributed by atoms with E-state index in [0.717, 1.165) is 47.4 Å². The van der Waals surface area contributed by atoms with E-state index in [1.54, 1.807) is 11.3 Å². The van der Waals surface area contributed by atoms with E-state index in [-0.39, 0.29) is 11.5 Å². The third-order valence-corrected chi connectivity index (χ3v) is 8.59. The van der Waals surface area contributed by atoms with Crippen molar-refractivity contribution in [1.29, 1.82) is 0 Å². The molecule has 0 amide bonds. The van der Waals surface area contributed by atoms with E-state index in [1.807, 2.05) is 0 Å². The molecule has 3 aromatic rings. The lowest BCUT2D eigenvalue weighted by molar-refractivity contribution is 0.0108. The van der Waals surface area contributed by atoms with Crippen molar-refractivity contribution in [3.8, 4) is 21.9 Å². The van der Waals surface area contributed by atoms with E-state index < -0.39 is 0 Å². The SMILES string of the molecule is CCCCCc1cc2c(c(O)c1-c1cc3ccccc3s1)[C@@H]1C=C(C)CC[C@H]1C(C)(C)O2. The molecule has 32 heavy (non-hydrogen) atoms. The normalized spacial score (nSPS) is 21.6. The molecule has 1 aliphatic carbocycles. The van der Waals surface area contributed by atoms with Crippen LogP contribution in [-0.2, 0) is 6.42 Å². The molecule has 3 heteroatoms. The second kappa shape index (κ2) is 8.26. The second-order valence-electron chi connectivity index (χ2n) is 10.2. The lowest BCUT2D eigenvalue weighted by atomic mass is 9.67. The van der Waals surface area contributed by atoms with E-state index in [9.17, 15) is 5.11 Å². The Morgan fingerprint density at radius 1 is 1.16 bits per heavy atom. The third-order valence-electron chi connectivity index (χ3n) is 7.45. The van der Waals surface area contributed by atoms with Crippen LogP contribution < -0.4 is 4.74 Å². The van der Waals surface area contributed by atoms with Crippen LogP contribution in [-0.4, -0.2) is 10.7 Å². The van der Waals surface area contributed by atoms with Gasteiger partial charge >= 0.3 is 0 Å². The number of fused-ring (bicyclic) bond motifs is 4. The first kappa shape index (κ1) is 21.6. The van der Waals surface area contributed by atoms with Crippen molar-refractivity contribution in [1.82, 2.24) is 0 Å². The van der Waals surface area contributed by atoms with Gasteiger partial charge in [-0.15, -0.1) is 11.3 Å². The molecule has 0 saturated carbocycles. The van der Waals surface area contributed by atoms with Gasteiger partial charge in [0.1, 0.15) is 17.1 Å². The number of hydrogen-bond donors (Lipinski definition) is 1. The summed E-state index contributed by atoms with van der Waals surface area (Å²) < 4.78 is 7.88. The summed E-state index contributed by atoms with van der Waals surface area (Å²) in [6.07, 6.45) is 9.08. The van der Waals surface area contributed by atoms with Crippen LogP contribution in [0.25, 0.3) is 20.5 Å². The number of phenols is 1. The molecule has 2 heterocycles. The van der Waals surface area contributed by atoms with Crippen molar-refractivity contribution >= 4 is 21.4 Å². The van der Waals surface area contributed by atoms with Crippen LogP contribution in [0.5, 0.6) is 11.5 Å². The van der Waals surface area contributed by atoms with E-state index in [4.69, 9.17) is 4.74 Å². The molecule has 0 fully saturated rings. The van der Waals surface area contributed by atoms with Gasteiger partial charge in [0.15, 0.2) is 0 Å². The first-order valence-electron chi connectivity index (χ1n) is 12.1. The van der Waals surface area contributed by atoms with Crippen LogP contribution in [0.2, 0.25) is 0 Å². The van der Waals surface area contributed by atoms with Gasteiger partial charge in [0.05, 0.1) is 0 Å². The van der Waals surface area contributed by atoms with Gasteiger partial charge in [-0.25, -0.2) is 0 Å². The van der Waals surface area contributed by atoms with Crippen molar-refractivity contribution in [2.75, 3.05) is 0 Å². The number of unbranched alkanes of at least 4 members (excludes halogenated alkanes) is 2. The summed E-state index contributed by atoms with van der Waals surface area (Å²) in [7, 11) is 0. The fourth-order valence-corrected chi connectivity index (χ4v) is 6.90. The summed E-state index contributed by atoms with van der Waals surface area (Å²) in [5.74, 6) is 1.92. The van der Waals surface area contributed by atoms with Gasteiger partial charge in [-0.1, -0.05) is 49.6 Å². The van der Waals surface area contributed by atoms with Crippen molar-refractivity contribution in [3.05, 3.63) is 59.2 Å². The summed E-state index contributed by atoms with van der Waals surface area (Å²) >= 11 is 1.78. The number of aromatic hydroxyl groups is 1. The Morgan fingerprint density at radius 3 is 2.75 bits per heavy atom. The molecule has 5 rings (SSSR count). The molecule has 1 aliphatic heterocycles. The number of phenolic OH excluding ortho intramolecular Hbond substituents is 1. The van der Waals surface area contributed by atoms with E-state index in [2.05, 4.69) is 70.2 Å². The number of benzene rings is 2. The first-order valence-corrected chi connectivity index (χ1v) is 12.9. The number of rotatable bonds is 5. The van der Waals surface area contributed by atoms with Crippen LogP contribution in [0.15, 0.2) is 48.0 Å². The highest BCUT2D eigenvalue weighted by Gasteiger charge is 2.46. The molecule has 2 aromatic carbocycles. The quantitative estimate of drug-likeness (QED) is 0.314. The molecule has 2 aliphatic rings. The first-order chi connectivity index (χ1) is 15.4. The summed E-state index contributed by atoms with van der Waals surface area (Å²) in [5.41, 5.74) is 4.43. The number of thiophene rings is 1. The van der Waals surface area contributed by atoms with Crippen LogP contribution in [0.1, 0.15) is 76.8 Å². The molecule has 2 atom stereocenters. The molecule has 1 aromatic heterocycles. The predicted octanol–water partition coefficient (Wildman–Crippen LogP) is 8.62. The van der Waals surface area contributed by atoms with Gasteiger partial charge in [-0.3, -0.25) is 0 Å². The molecule has 1 N–H and O–H groups in total. The maximum Gasteiger partial charge on any atom is 0.132 e. The second-order valence-corrected chi connectivity index (χ2v) is 11.2. The predicted molar refractivity (Wildman–Crippen MR) is 136 cm³/mol. The Bertz CT molecular complexity index is 1150.